The lowest BCUT2D eigenvalue weighted by Gasteiger charge is -2.08. The van der Waals surface area contributed by atoms with Crippen LogP contribution >= 0.6 is 0 Å². The van der Waals surface area contributed by atoms with Crippen LogP contribution in [0, 0.1) is 0 Å². The van der Waals surface area contributed by atoms with Crippen molar-refractivity contribution in [3.8, 4) is 68.0 Å². The minimum Gasteiger partial charge on any atom is -0.456 e. The standard InChI is InChI=1S/C45H27N5O2/c1-4-10-28(11-5-1)34-17-21-37(46-27-34)45-47-38-25-32(19-23-40(38)52-45)31-18-22-39-36(24-31)35-20-16-33(26-41(35)51-39)44-49-42(29-12-6-2-7-13-29)48-43(50-44)30-14-8-3-9-15-30/h1-27H. The summed E-state index contributed by atoms with van der Waals surface area (Å²) in [4.78, 5) is 24.1. The summed E-state index contributed by atoms with van der Waals surface area (Å²) in [6, 6.07) is 52.6. The first-order valence-electron chi connectivity index (χ1n) is 17.0. The minimum atomic E-state index is 0.490. The maximum absolute atomic E-state index is 6.39. The van der Waals surface area contributed by atoms with Crippen molar-refractivity contribution in [3.05, 3.63) is 164 Å². The van der Waals surface area contributed by atoms with Crippen LogP contribution in [0.15, 0.2) is 173 Å². The van der Waals surface area contributed by atoms with E-state index in [-0.39, 0.29) is 0 Å². The van der Waals surface area contributed by atoms with Crippen molar-refractivity contribution in [2.75, 3.05) is 0 Å². The second-order valence-electron chi connectivity index (χ2n) is 12.6. The van der Waals surface area contributed by atoms with E-state index in [2.05, 4.69) is 47.4 Å². The summed E-state index contributed by atoms with van der Waals surface area (Å²) in [6.07, 6.45) is 1.85. The van der Waals surface area contributed by atoms with Crippen LogP contribution in [0.3, 0.4) is 0 Å². The van der Waals surface area contributed by atoms with Gasteiger partial charge in [0.2, 0.25) is 5.89 Å². The quantitative estimate of drug-likeness (QED) is 0.174. The number of oxazole rings is 1. The summed E-state index contributed by atoms with van der Waals surface area (Å²) in [5.74, 6) is 2.31. The Balaban J connectivity index is 0.987. The number of pyridine rings is 1. The smallest absolute Gasteiger partial charge is 0.246 e. The van der Waals surface area contributed by atoms with Crippen LogP contribution in [-0.4, -0.2) is 24.9 Å². The lowest BCUT2D eigenvalue weighted by Crippen LogP contribution is -2.00. The monoisotopic (exact) mass is 669 g/mol. The van der Waals surface area contributed by atoms with Gasteiger partial charge >= 0.3 is 0 Å². The van der Waals surface area contributed by atoms with Gasteiger partial charge in [0.15, 0.2) is 23.1 Å². The Hall–Kier alpha value is -7.25. The molecule has 0 spiro atoms. The summed E-state index contributed by atoms with van der Waals surface area (Å²) >= 11 is 0. The van der Waals surface area contributed by atoms with Gasteiger partial charge in [0.1, 0.15) is 22.4 Å². The van der Waals surface area contributed by atoms with Gasteiger partial charge in [-0.2, -0.15) is 0 Å². The molecule has 6 aromatic carbocycles. The Bertz CT molecular complexity index is 2830. The van der Waals surface area contributed by atoms with Crippen LogP contribution in [0.1, 0.15) is 0 Å². The van der Waals surface area contributed by atoms with Crippen LogP contribution in [0.25, 0.3) is 101 Å². The van der Waals surface area contributed by atoms with Crippen molar-refractivity contribution in [3.63, 3.8) is 0 Å². The van der Waals surface area contributed by atoms with E-state index in [4.69, 9.17) is 28.8 Å². The highest BCUT2D eigenvalue weighted by Gasteiger charge is 2.16. The average Bonchev–Trinajstić information content (AvgIpc) is 3.82. The highest BCUT2D eigenvalue weighted by molar-refractivity contribution is 6.07. The molecule has 52 heavy (non-hydrogen) atoms. The molecule has 0 amide bonds. The highest BCUT2D eigenvalue weighted by atomic mass is 16.3. The normalized spacial score (nSPS) is 11.5. The number of hydrogen-bond donors (Lipinski definition) is 0. The molecule has 0 saturated carbocycles. The fourth-order valence-electron chi connectivity index (χ4n) is 6.57. The second-order valence-corrected chi connectivity index (χ2v) is 12.6. The van der Waals surface area contributed by atoms with Gasteiger partial charge in [-0.05, 0) is 59.2 Å². The molecule has 244 valence electrons. The second kappa shape index (κ2) is 12.3. The summed E-state index contributed by atoms with van der Waals surface area (Å²) < 4.78 is 12.5. The van der Waals surface area contributed by atoms with Gasteiger partial charge < -0.3 is 8.83 Å². The van der Waals surface area contributed by atoms with Crippen molar-refractivity contribution < 1.29 is 8.83 Å². The topological polar surface area (TPSA) is 90.7 Å². The minimum absolute atomic E-state index is 0.490. The molecule has 0 radical (unpaired) electrons. The van der Waals surface area contributed by atoms with E-state index in [1.165, 1.54) is 0 Å². The Morgan fingerprint density at radius 3 is 1.58 bits per heavy atom. The zero-order chi connectivity index (χ0) is 34.4. The number of benzene rings is 6. The molecule has 0 aliphatic rings. The Morgan fingerprint density at radius 2 is 0.923 bits per heavy atom. The molecular formula is C45H27N5O2. The van der Waals surface area contributed by atoms with E-state index in [0.717, 1.165) is 66.4 Å². The number of hydrogen-bond acceptors (Lipinski definition) is 7. The number of furan rings is 1. The molecule has 0 aliphatic heterocycles. The summed E-state index contributed by atoms with van der Waals surface area (Å²) in [6.45, 7) is 0. The molecule has 0 saturated heterocycles. The van der Waals surface area contributed by atoms with Crippen molar-refractivity contribution in [2.24, 2.45) is 0 Å². The fraction of sp³-hybridized carbons (Fsp3) is 0. The van der Waals surface area contributed by atoms with Gasteiger partial charge in [-0.3, -0.25) is 4.98 Å². The van der Waals surface area contributed by atoms with Crippen LogP contribution in [0.5, 0.6) is 0 Å². The third-order valence-corrected chi connectivity index (χ3v) is 9.24. The van der Waals surface area contributed by atoms with Crippen LogP contribution in [-0.2, 0) is 0 Å². The number of nitrogens with zero attached hydrogens (tertiary/aromatic N) is 5. The molecule has 4 aromatic heterocycles. The number of fused-ring (bicyclic) bond motifs is 4. The van der Waals surface area contributed by atoms with Gasteiger partial charge in [-0.1, -0.05) is 115 Å². The van der Waals surface area contributed by atoms with Crippen LogP contribution < -0.4 is 0 Å². The fourth-order valence-corrected chi connectivity index (χ4v) is 6.57. The molecule has 7 heteroatoms. The molecule has 0 fully saturated rings. The first-order valence-corrected chi connectivity index (χ1v) is 17.0. The van der Waals surface area contributed by atoms with Crippen LogP contribution in [0.2, 0.25) is 0 Å². The van der Waals surface area contributed by atoms with Gasteiger partial charge in [-0.25, -0.2) is 19.9 Å². The van der Waals surface area contributed by atoms with Crippen molar-refractivity contribution in [2.45, 2.75) is 0 Å². The van der Waals surface area contributed by atoms with Crippen molar-refractivity contribution in [1.29, 1.82) is 0 Å². The zero-order valence-electron chi connectivity index (χ0n) is 27.6. The third-order valence-electron chi connectivity index (χ3n) is 9.24. The van der Waals surface area contributed by atoms with Crippen LogP contribution in [0.4, 0.5) is 0 Å². The molecule has 10 aromatic rings. The molecule has 0 N–H and O–H groups in total. The SMILES string of the molecule is c1ccc(-c2ccc(-c3nc4cc(-c5ccc6oc7cc(-c8nc(-c9ccccc9)nc(-c9ccccc9)n8)ccc7c6c5)ccc4o3)nc2)cc1. The van der Waals surface area contributed by atoms with Gasteiger partial charge in [0.25, 0.3) is 0 Å². The Morgan fingerprint density at radius 1 is 0.346 bits per heavy atom. The van der Waals surface area contributed by atoms with Crippen molar-refractivity contribution in [1.82, 2.24) is 24.9 Å². The first-order chi connectivity index (χ1) is 25.7. The maximum atomic E-state index is 6.39. The summed E-state index contributed by atoms with van der Waals surface area (Å²) in [5, 5.41) is 2.03. The number of rotatable bonds is 6. The number of aromatic nitrogens is 5. The maximum Gasteiger partial charge on any atom is 0.246 e. The molecule has 10 rings (SSSR count). The average molecular weight is 670 g/mol. The molecule has 0 atom stereocenters. The first kappa shape index (κ1) is 29.6. The van der Waals surface area contributed by atoms with Crippen molar-refractivity contribution >= 4 is 33.0 Å². The Kier molecular flexibility index (Phi) is 6.99. The molecule has 0 unspecified atom stereocenters. The predicted octanol–water partition coefficient (Wildman–Crippen LogP) is 11.3. The van der Waals surface area contributed by atoms with E-state index in [9.17, 15) is 0 Å². The van der Waals surface area contributed by atoms with Gasteiger partial charge in [-0.15, -0.1) is 0 Å². The molecule has 0 bridgehead atoms. The summed E-state index contributed by atoms with van der Waals surface area (Å²) in [5.41, 5.74) is 10.7. The highest BCUT2D eigenvalue weighted by Crippen LogP contribution is 2.36. The van der Waals surface area contributed by atoms with E-state index in [1.54, 1.807) is 0 Å². The van der Waals surface area contributed by atoms with E-state index >= 15 is 0 Å². The largest absolute Gasteiger partial charge is 0.456 e. The zero-order valence-corrected chi connectivity index (χ0v) is 27.6. The molecular weight excluding hydrogens is 643 g/mol. The lowest BCUT2D eigenvalue weighted by atomic mass is 10.0. The lowest BCUT2D eigenvalue weighted by molar-refractivity contribution is 0.617. The van der Waals surface area contributed by atoms with E-state index in [0.29, 0.717) is 34.6 Å². The third kappa shape index (κ3) is 5.37. The van der Waals surface area contributed by atoms with Gasteiger partial charge in [0.05, 0.1) is 0 Å². The van der Waals surface area contributed by atoms with Gasteiger partial charge in [0, 0.05) is 39.2 Å². The van der Waals surface area contributed by atoms with E-state index < -0.39 is 0 Å². The van der Waals surface area contributed by atoms with E-state index in [1.807, 2.05) is 121 Å². The molecule has 7 nitrogen and oxygen atoms in total. The molecule has 0 aliphatic carbocycles. The molecule has 4 heterocycles. The predicted molar refractivity (Wildman–Crippen MR) is 205 cm³/mol. The Labute approximate surface area is 298 Å². The summed E-state index contributed by atoms with van der Waals surface area (Å²) in [7, 11) is 0.